The molecule has 1 aromatic carbocycles. The molecule has 1 heterocycles. The Kier molecular flexibility index (Phi) is 3.85. The number of carbonyl (C=O) groups excluding carboxylic acids is 3. The van der Waals surface area contributed by atoms with Crippen molar-refractivity contribution < 1.29 is 19.1 Å². The van der Waals surface area contributed by atoms with Crippen LogP contribution in [-0.4, -0.2) is 34.8 Å². The Balaban J connectivity index is 2.09. The van der Waals surface area contributed by atoms with Crippen LogP contribution in [0.3, 0.4) is 0 Å². The Hall–Kier alpha value is -1.88. The number of hydrogen-bond acceptors (Lipinski definition) is 4. The number of hydrogen-bond donors (Lipinski definition) is 0. The molecule has 100 valence electrons. The van der Waals surface area contributed by atoms with Gasteiger partial charge >= 0.3 is 5.97 Å². The van der Waals surface area contributed by atoms with Crippen LogP contribution in [0.1, 0.15) is 34.1 Å². The van der Waals surface area contributed by atoms with Gasteiger partial charge in [-0.2, -0.15) is 0 Å². The first-order chi connectivity index (χ1) is 9.02. The number of carbonyl (C=O) groups is 3. The van der Waals surface area contributed by atoms with Gasteiger partial charge in [0.15, 0.2) is 0 Å². The van der Waals surface area contributed by atoms with Crippen LogP contribution in [0, 0.1) is 0 Å². The summed E-state index contributed by atoms with van der Waals surface area (Å²) in [6.07, 6.45) is 0.201. The predicted molar refractivity (Wildman–Crippen MR) is 67.8 cm³/mol. The summed E-state index contributed by atoms with van der Waals surface area (Å²) in [5.41, 5.74) is -0.122. The van der Waals surface area contributed by atoms with E-state index >= 15 is 0 Å². The summed E-state index contributed by atoms with van der Waals surface area (Å²) in [4.78, 5) is 35.8. The van der Waals surface area contributed by atoms with Crippen molar-refractivity contribution in [3.05, 3.63) is 35.4 Å². The summed E-state index contributed by atoms with van der Waals surface area (Å²) in [5, 5.41) is 0. The van der Waals surface area contributed by atoms with Gasteiger partial charge in [-0.25, -0.2) is 0 Å². The summed E-state index contributed by atoms with van der Waals surface area (Å²) in [5.74, 6) is -1.25. The Bertz CT molecular complexity index is 508. The van der Waals surface area contributed by atoms with Crippen molar-refractivity contribution in [3.8, 4) is 0 Å². The zero-order valence-electron chi connectivity index (χ0n) is 10.3. The van der Waals surface area contributed by atoms with Gasteiger partial charge in [-0.15, -0.1) is 0 Å². The molecule has 1 aliphatic heterocycles. The van der Waals surface area contributed by atoms with Gasteiger partial charge in [0.2, 0.25) is 0 Å². The number of imide groups is 1. The second-order valence-electron chi connectivity index (χ2n) is 4.09. The minimum atomic E-state index is -0.827. The average molecular weight is 282 g/mol. The van der Waals surface area contributed by atoms with Gasteiger partial charge in [0.1, 0.15) is 5.50 Å². The topological polar surface area (TPSA) is 63.7 Å². The van der Waals surface area contributed by atoms with Crippen LogP contribution in [0.5, 0.6) is 0 Å². The highest BCUT2D eigenvalue weighted by molar-refractivity contribution is 6.28. The molecule has 0 N–H and O–H groups in total. The van der Waals surface area contributed by atoms with Crippen LogP contribution in [0.2, 0.25) is 0 Å². The third-order valence-electron chi connectivity index (χ3n) is 2.77. The highest BCUT2D eigenvalue weighted by Gasteiger charge is 2.38. The molecular weight excluding hydrogens is 270 g/mol. The lowest BCUT2D eigenvalue weighted by Crippen LogP contribution is -2.37. The van der Waals surface area contributed by atoms with E-state index in [9.17, 15) is 14.4 Å². The molecule has 0 spiro atoms. The van der Waals surface area contributed by atoms with E-state index in [4.69, 9.17) is 16.3 Å². The number of ether oxygens (including phenoxy) is 1. The summed E-state index contributed by atoms with van der Waals surface area (Å²) in [7, 11) is 0. The normalized spacial score (nSPS) is 15.4. The second kappa shape index (κ2) is 5.40. The minimum Gasteiger partial charge on any atom is -0.466 e. The van der Waals surface area contributed by atoms with Crippen LogP contribution in [-0.2, 0) is 9.53 Å². The number of fused-ring (bicyclic) bond motifs is 1. The Morgan fingerprint density at radius 2 is 1.79 bits per heavy atom. The molecule has 0 aliphatic carbocycles. The highest BCUT2D eigenvalue weighted by atomic mass is 35.5. The van der Waals surface area contributed by atoms with E-state index < -0.39 is 23.3 Å². The summed E-state index contributed by atoms with van der Waals surface area (Å²) in [6, 6.07) is 6.56. The monoisotopic (exact) mass is 281 g/mol. The first kappa shape index (κ1) is 13.5. The molecular formula is C13H12ClNO4. The Morgan fingerprint density at radius 3 is 2.26 bits per heavy atom. The van der Waals surface area contributed by atoms with Crippen molar-refractivity contribution in [2.24, 2.45) is 0 Å². The SMILES string of the molecule is CC(=O)OCCC(Cl)N1C(=O)c2ccccc2C1=O. The van der Waals surface area contributed by atoms with Gasteiger partial charge in [0.25, 0.3) is 11.8 Å². The van der Waals surface area contributed by atoms with Crippen molar-refractivity contribution in [2.75, 3.05) is 6.61 Å². The zero-order valence-corrected chi connectivity index (χ0v) is 11.0. The lowest BCUT2D eigenvalue weighted by molar-refractivity contribution is -0.141. The molecule has 1 atom stereocenters. The fraction of sp³-hybridized carbons (Fsp3) is 0.308. The molecule has 1 aromatic rings. The van der Waals surface area contributed by atoms with E-state index in [0.717, 1.165) is 4.90 Å². The molecule has 0 radical (unpaired) electrons. The van der Waals surface area contributed by atoms with Gasteiger partial charge in [0, 0.05) is 13.3 Å². The average Bonchev–Trinajstić information content (AvgIpc) is 2.62. The first-order valence-corrected chi connectivity index (χ1v) is 6.20. The lowest BCUT2D eigenvalue weighted by Gasteiger charge is -2.20. The first-order valence-electron chi connectivity index (χ1n) is 5.76. The van der Waals surface area contributed by atoms with E-state index in [2.05, 4.69) is 0 Å². The Labute approximate surface area is 115 Å². The third-order valence-corrected chi connectivity index (χ3v) is 3.18. The summed E-state index contributed by atoms with van der Waals surface area (Å²) in [6.45, 7) is 1.35. The van der Waals surface area contributed by atoms with Crippen LogP contribution in [0.25, 0.3) is 0 Å². The van der Waals surface area contributed by atoms with Crippen LogP contribution >= 0.6 is 11.6 Å². The number of halogens is 1. The molecule has 0 aromatic heterocycles. The number of esters is 1. The van der Waals surface area contributed by atoms with E-state index in [1.807, 2.05) is 0 Å². The summed E-state index contributed by atoms with van der Waals surface area (Å²) >= 11 is 6.04. The van der Waals surface area contributed by atoms with Crippen molar-refractivity contribution in [1.29, 1.82) is 0 Å². The second-order valence-corrected chi connectivity index (χ2v) is 4.59. The maximum atomic E-state index is 12.1. The van der Waals surface area contributed by atoms with Crippen molar-refractivity contribution in [2.45, 2.75) is 18.8 Å². The van der Waals surface area contributed by atoms with Gasteiger partial charge in [-0.1, -0.05) is 23.7 Å². The quantitative estimate of drug-likeness (QED) is 0.365. The van der Waals surface area contributed by atoms with E-state index in [0.29, 0.717) is 11.1 Å². The van der Waals surface area contributed by atoms with Crippen LogP contribution < -0.4 is 0 Å². The van der Waals surface area contributed by atoms with Crippen LogP contribution in [0.15, 0.2) is 24.3 Å². The molecule has 0 saturated carbocycles. The molecule has 6 heteroatoms. The van der Waals surface area contributed by atoms with Gasteiger partial charge in [-0.05, 0) is 12.1 Å². The summed E-state index contributed by atoms with van der Waals surface area (Å²) < 4.78 is 4.75. The fourth-order valence-corrected chi connectivity index (χ4v) is 2.16. The van der Waals surface area contributed by atoms with E-state index in [1.165, 1.54) is 6.92 Å². The number of nitrogens with zero attached hydrogens (tertiary/aromatic N) is 1. The van der Waals surface area contributed by atoms with Crippen LogP contribution in [0.4, 0.5) is 0 Å². The Morgan fingerprint density at radius 1 is 1.26 bits per heavy atom. The molecule has 2 rings (SSSR count). The van der Waals surface area contributed by atoms with Gasteiger partial charge in [0.05, 0.1) is 17.7 Å². The molecule has 1 aliphatic rings. The molecule has 5 nitrogen and oxygen atoms in total. The zero-order chi connectivity index (χ0) is 14.0. The molecule has 2 amide bonds. The minimum absolute atomic E-state index is 0.0664. The molecule has 0 saturated heterocycles. The smallest absolute Gasteiger partial charge is 0.302 e. The maximum absolute atomic E-state index is 12.1. The maximum Gasteiger partial charge on any atom is 0.302 e. The number of amides is 2. The van der Waals surface area contributed by atoms with Gasteiger partial charge in [-0.3, -0.25) is 19.3 Å². The fourth-order valence-electron chi connectivity index (χ4n) is 1.89. The molecule has 19 heavy (non-hydrogen) atoms. The molecule has 1 unspecified atom stereocenters. The largest absolute Gasteiger partial charge is 0.466 e. The highest BCUT2D eigenvalue weighted by Crippen LogP contribution is 2.26. The number of alkyl halides is 1. The standard InChI is InChI=1S/C13H12ClNO4/c1-8(16)19-7-6-11(14)15-12(17)9-4-2-3-5-10(9)13(15)18/h2-5,11H,6-7H2,1H3. The lowest BCUT2D eigenvalue weighted by atomic mass is 10.1. The molecule has 0 fully saturated rings. The molecule has 0 bridgehead atoms. The number of rotatable bonds is 4. The predicted octanol–water partition coefficient (Wildman–Crippen LogP) is 1.80. The van der Waals surface area contributed by atoms with E-state index in [1.54, 1.807) is 24.3 Å². The van der Waals surface area contributed by atoms with Crippen molar-refractivity contribution in [3.63, 3.8) is 0 Å². The van der Waals surface area contributed by atoms with Gasteiger partial charge < -0.3 is 4.74 Å². The van der Waals surface area contributed by atoms with E-state index in [-0.39, 0.29) is 13.0 Å². The van der Waals surface area contributed by atoms with Crippen molar-refractivity contribution in [1.82, 2.24) is 4.90 Å². The van der Waals surface area contributed by atoms with Crippen molar-refractivity contribution >= 4 is 29.4 Å². The number of benzene rings is 1. The third kappa shape index (κ3) is 2.61.